The Morgan fingerprint density at radius 2 is 1.61 bits per heavy atom. The lowest BCUT2D eigenvalue weighted by atomic mass is 9.81. The molecule has 0 spiro atoms. The van der Waals surface area contributed by atoms with Gasteiger partial charge in [-0.3, -0.25) is 9.59 Å². The molecule has 0 radical (unpaired) electrons. The number of aliphatic hydroxyl groups excluding tert-OH is 1. The Hall–Kier alpha value is -3.39. The van der Waals surface area contributed by atoms with Crippen molar-refractivity contribution in [3.63, 3.8) is 0 Å². The van der Waals surface area contributed by atoms with Crippen LogP contribution in [0.25, 0.3) is 11.1 Å². The lowest BCUT2D eigenvalue weighted by molar-refractivity contribution is -0.139. The summed E-state index contributed by atoms with van der Waals surface area (Å²) in [6.45, 7) is 0.0770. The lowest BCUT2D eigenvalue weighted by Gasteiger charge is -2.30. The zero-order chi connectivity index (χ0) is 23.4. The first-order chi connectivity index (χ1) is 15.9. The highest BCUT2D eigenvalue weighted by molar-refractivity contribution is 5.89. The van der Waals surface area contributed by atoms with Crippen molar-refractivity contribution in [3.8, 4) is 11.1 Å². The molecule has 2 amide bonds. The summed E-state index contributed by atoms with van der Waals surface area (Å²) >= 11 is 0. The van der Waals surface area contributed by atoms with Crippen LogP contribution in [0, 0.1) is 5.92 Å². The monoisotopic (exact) mass is 452 g/mol. The topological polar surface area (TPSA) is 125 Å². The average molecular weight is 453 g/mol. The molecule has 1 fully saturated rings. The van der Waals surface area contributed by atoms with Crippen molar-refractivity contribution in [3.05, 3.63) is 59.7 Å². The molecule has 4 rings (SSSR count). The van der Waals surface area contributed by atoms with Crippen LogP contribution in [-0.4, -0.2) is 53.5 Å². The van der Waals surface area contributed by atoms with Crippen LogP contribution in [0.3, 0.4) is 0 Å². The van der Waals surface area contributed by atoms with Crippen molar-refractivity contribution in [1.29, 1.82) is 0 Å². The van der Waals surface area contributed by atoms with Gasteiger partial charge < -0.3 is 25.6 Å². The highest BCUT2D eigenvalue weighted by Crippen LogP contribution is 2.44. The molecule has 0 heterocycles. The van der Waals surface area contributed by atoms with Crippen LogP contribution < -0.4 is 10.6 Å². The first-order valence-electron chi connectivity index (χ1n) is 11.2. The fourth-order valence-electron chi connectivity index (χ4n) is 4.49. The minimum Gasteiger partial charge on any atom is -0.481 e. The maximum atomic E-state index is 12.5. The van der Waals surface area contributed by atoms with Crippen LogP contribution in [-0.2, 0) is 14.3 Å². The quantitative estimate of drug-likeness (QED) is 0.464. The average Bonchev–Trinajstić information content (AvgIpc) is 3.08. The third-order valence-electron chi connectivity index (χ3n) is 6.51. The number of aliphatic hydroxyl groups is 1. The van der Waals surface area contributed by atoms with Gasteiger partial charge in [-0.1, -0.05) is 55.0 Å². The molecule has 0 saturated heterocycles. The van der Waals surface area contributed by atoms with Crippen molar-refractivity contribution in [1.82, 2.24) is 10.6 Å². The third kappa shape index (κ3) is 5.17. The number of alkyl carbamates (subject to hydrolysis) is 1. The SMILES string of the molecule is O=C(O)CC(NC(=O)OCC1c2ccccc2-c2ccccc21)C(=O)NCC(O)C1CCC1. The van der Waals surface area contributed by atoms with E-state index in [2.05, 4.69) is 10.6 Å². The van der Waals surface area contributed by atoms with Crippen molar-refractivity contribution in [2.75, 3.05) is 13.2 Å². The van der Waals surface area contributed by atoms with Gasteiger partial charge in [-0.05, 0) is 41.0 Å². The van der Waals surface area contributed by atoms with Gasteiger partial charge in [-0.25, -0.2) is 4.79 Å². The number of carbonyl (C=O) groups excluding carboxylic acids is 2. The first kappa shape index (κ1) is 22.8. The molecule has 174 valence electrons. The smallest absolute Gasteiger partial charge is 0.407 e. The Morgan fingerprint density at radius 1 is 1.00 bits per heavy atom. The summed E-state index contributed by atoms with van der Waals surface area (Å²) in [6, 6.07) is 14.5. The molecule has 2 atom stereocenters. The molecule has 2 aliphatic rings. The second-order valence-corrected chi connectivity index (χ2v) is 8.62. The van der Waals surface area contributed by atoms with Gasteiger partial charge in [-0.2, -0.15) is 0 Å². The summed E-state index contributed by atoms with van der Waals surface area (Å²) in [7, 11) is 0. The summed E-state index contributed by atoms with van der Waals surface area (Å²) in [6.07, 6.45) is 0.748. The van der Waals surface area contributed by atoms with Gasteiger partial charge in [0.05, 0.1) is 12.5 Å². The van der Waals surface area contributed by atoms with E-state index in [4.69, 9.17) is 9.84 Å². The molecule has 2 aliphatic carbocycles. The number of nitrogens with one attached hydrogen (secondary N) is 2. The highest BCUT2D eigenvalue weighted by Gasteiger charge is 2.31. The van der Waals surface area contributed by atoms with Crippen LogP contribution in [0.5, 0.6) is 0 Å². The molecule has 8 nitrogen and oxygen atoms in total. The molecule has 4 N–H and O–H groups in total. The van der Waals surface area contributed by atoms with E-state index >= 15 is 0 Å². The molecule has 0 bridgehead atoms. The molecular weight excluding hydrogens is 424 g/mol. The second-order valence-electron chi connectivity index (χ2n) is 8.62. The van der Waals surface area contributed by atoms with E-state index < -0.39 is 36.5 Å². The summed E-state index contributed by atoms with van der Waals surface area (Å²) in [5.41, 5.74) is 4.29. The van der Waals surface area contributed by atoms with Gasteiger partial charge in [-0.15, -0.1) is 0 Å². The largest absolute Gasteiger partial charge is 0.481 e. The van der Waals surface area contributed by atoms with E-state index in [1.54, 1.807) is 0 Å². The van der Waals surface area contributed by atoms with Crippen LogP contribution in [0.15, 0.2) is 48.5 Å². The van der Waals surface area contributed by atoms with E-state index in [1.807, 2.05) is 48.5 Å². The fraction of sp³-hybridized carbons (Fsp3) is 0.400. The van der Waals surface area contributed by atoms with E-state index in [1.165, 1.54) is 0 Å². The normalized spacial score (nSPS) is 16.6. The van der Waals surface area contributed by atoms with Crippen molar-refractivity contribution in [2.45, 2.75) is 43.7 Å². The number of hydrogen-bond acceptors (Lipinski definition) is 5. The zero-order valence-electron chi connectivity index (χ0n) is 18.2. The van der Waals surface area contributed by atoms with Crippen LogP contribution in [0.2, 0.25) is 0 Å². The Bertz CT molecular complexity index is 990. The molecule has 8 heteroatoms. The number of aliphatic carboxylic acids is 1. The van der Waals surface area contributed by atoms with E-state index in [-0.39, 0.29) is 25.0 Å². The number of hydrogen-bond donors (Lipinski definition) is 4. The Morgan fingerprint density at radius 3 is 2.15 bits per heavy atom. The molecule has 1 saturated carbocycles. The predicted octanol–water partition coefficient (Wildman–Crippen LogP) is 2.65. The maximum Gasteiger partial charge on any atom is 0.407 e. The number of rotatable bonds is 9. The summed E-state index contributed by atoms with van der Waals surface area (Å²) in [4.78, 5) is 36.2. The Labute approximate surface area is 192 Å². The molecule has 2 unspecified atom stereocenters. The fourth-order valence-corrected chi connectivity index (χ4v) is 4.49. The van der Waals surface area contributed by atoms with Gasteiger partial charge in [0.25, 0.3) is 0 Å². The molecule has 33 heavy (non-hydrogen) atoms. The standard InChI is InChI=1S/C25H28N2O6/c28-22(15-6-5-7-15)13-26-24(31)21(12-23(29)30)27-25(32)33-14-20-18-10-3-1-8-16(18)17-9-2-4-11-19(17)20/h1-4,8-11,15,20-22,28H,5-7,12-14H2,(H,26,31)(H,27,32)(H,29,30). The first-order valence-corrected chi connectivity index (χ1v) is 11.2. The summed E-state index contributed by atoms with van der Waals surface area (Å²) < 4.78 is 5.42. The molecular formula is C25H28N2O6. The van der Waals surface area contributed by atoms with Gasteiger partial charge in [0.2, 0.25) is 5.91 Å². The summed E-state index contributed by atoms with van der Waals surface area (Å²) in [5, 5.41) is 24.2. The number of benzene rings is 2. The van der Waals surface area contributed by atoms with Crippen molar-refractivity contribution >= 4 is 18.0 Å². The number of carboxylic acids is 1. The summed E-state index contributed by atoms with van der Waals surface area (Å²) in [5.74, 6) is -1.89. The lowest BCUT2D eigenvalue weighted by Crippen LogP contribution is -2.50. The number of fused-ring (bicyclic) bond motifs is 3. The van der Waals surface area contributed by atoms with Crippen LogP contribution in [0.1, 0.15) is 42.7 Å². The molecule has 0 aliphatic heterocycles. The second kappa shape index (κ2) is 10.0. The number of ether oxygens (including phenoxy) is 1. The van der Waals surface area contributed by atoms with E-state index in [0.717, 1.165) is 41.5 Å². The molecule has 0 aromatic heterocycles. The minimum atomic E-state index is -1.30. The van der Waals surface area contributed by atoms with Gasteiger partial charge in [0.1, 0.15) is 12.6 Å². The van der Waals surface area contributed by atoms with Gasteiger partial charge in [0, 0.05) is 12.5 Å². The Kier molecular flexibility index (Phi) is 6.93. The van der Waals surface area contributed by atoms with Crippen molar-refractivity contribution < 1.29 is 29.3 Å². The minimum absolute atomic E-state index is 0.0198. The number of amides is 2. The van der Waals surface area contributed by atoms with E-state index in [0.29, 0.717) is 0 Å². The molecule has 2 aromatic rings. The highest BCUT2D eigenvalue weighted by atomic mass is 16.5. The number of carbonyl (C=O) groups is 3. The molecule has 2 aromatic carbocycles. The zero-order valence-corrected chi connectivity index (χ0v) is 18.2. The van der Waals surface area contributed by atoms with Crippen molar-refractivity contribution in [2.24, 2.45) is 5.92 Å². The van der Waals surface area contributed by atoms with Crippen LogP contribution >= 0.6 is 0 Å². The van der Waals surface area contributed by atoms with E-state index in [9.17, 15) is 19.5 Å². The number of carboxylic acid groups (broad SMARTS) is 1. The Balaban J connectivity index is 1.35. The third-order valence-corrected chi connectivity index (χ3v) is 6.51. The van der Waals surface area contributed by atoms with Crippen LogP contribution in [0.4, 0.5) is 4.79 Å². The van der Waals surface area contributed by atoms with Gasteiger partial charge in [0.15, 0.2) is 0 Å². The van der Waals surface area contributed by atoms with Gasteiger partial charge >= 0.3 is 12.1 Å². The predicted molar refractivity (Wildman–Crippen MR) is 121 cm³/mol. The maximum absolute atomic E-state index is 12.5.